The molecule has 0 unspecified atom stereocenters. The number of ether oxygens (including phenoxy) is 2. The fourth-order valence-electron chi connectivity index (χ4n) is 3.73. The first-order valence-electron chi connectivity index (χ1n) is 10.2. The first kappa shape index (κ1) is 22.7. The summed E-state index contributed by atoms with van der Waals surface area (Å²) in [6, 6.07) is 9.48. The number of aryl methyl sites for hydroxylation is 2. The number of hydrogen-bond acceptors (Lipinski definition) is 8. The SMILES string of the molecule is COC(=O)c1nc(OC)ccc1N[C@H](C)c1cc(C)cc2nc(-c3conc3C)c(Br)cc12. The minimum atomic E-state index is -0.546. The average molecular weight is 511 g/mol. The van der Waals surface area contributed by atoms with Gasteiger partial charge >= 0.3 is 5.97 Å². The molecule has 4 rings (SSSR count). The first-order valence-corrected chi connectivity index (χ1v) is 11.0. The Morgan fingerprint density at radius 3 is 2.61 bits per heavy atom. The van der Waals surface area contributed by atoms with Gasteiger partial charge in [-0.05, 0) is 66.0 Å². The van der Waals surface area contributed by atoms with Crippen molar-refractivity contribution in [2.24, 2.45) is 0 Å². The van der Waals surface area contributed by atoms with Crippen molar-refractivity contribution in [1.29, 1.82) is 0 Å². The fourth-order valence-corrected chi connectivity index (χ4v) is 4.26. The van der Waals surface area contributed by atoms with Crippen LogP contribution in [0.2, 0.25) is 0 Å². The molecule has 0 bridgehead atoms. The van der Waals surface area contributed by atoms with E-state index in [0.717, 1.165) is 43.5 Å². The van der Waals surface area contributed by atoms with Crippen LogP contribution in [0.4, 0.5) is 5.69 Å². The van der Waals surface area contributed by atoms with Gasteiger partial charge in [-0.1, -0.05) is 11.2 Å². The van der Waals surface area contributed by atoms with Crippen molar-refractivity contribution in [2.45, 2.75) is 26.8 Å². The summed E-state index contributed by atoms with van der Waals surface area (Å²) < 4.78 is 16.0. The number of fused-ring (bicyclic) bond motifs is 1. The van der Waals surface area contributed by atoms with E-state index in [0.29, 0.717) is 11.6 Å². The van der Waals surface area contributed by atoms with Crippen LogP contribution < -0.4 is 10.1 Å². The van der Waals surface area contributed by atoms with Crippen LogP contribution in [0.5, 0.6) is 5.88 Å². The van der Waals surface area contributed by atoms with Gasteiger partial charge in [-0.3, -0.25) is 0 Å². The van der Waals surface area contributed by atoms with E-state index in [1.54, 1.807) is 18.4 Å². The van der Waals surface area contributed by atoms with Gasteiger partial charge in [0.25, 0.3) is 0 Å². The number of carbonyl (C=O) groups is 1. The standard InChI is InChI=1S/C24H23BrN4O4/c1-12-8-15(13(2)26-19-6-7-21(31-4)28-23(19)24(30)32-5)16-10-18(25)22(27-20(16)9-12)17-11-33-29-14(17)3/h6-11,13,26H,1-5H3/t13-/m1/s1. The fraction of sp³-hybridized carbons (Fsp3) is 0.250. The maximum absolute atomic E-state index is 12.3. The molecule has 0 radical (unpaired) electrons. The van der Waals surface area contributed by atoms with Crippen molar-refractivity contribution >= 4 is 38.5 Å². The lowest BCUT2D eigenvalue weighted by molar-refractivity contribution is 0.0594. The van der Waals surface area contributed by atoms with Crippen LogP contribution in [-0.4, -0.2) is 35.3 Å². The first-order chi connectivity index (χ1) is 15.8. The number of methoxy groups -OCH3 is 2. The van der Waals surface area contributed by atoms with Crippen molar-refractivity contribution in [3.05, 3.63) is 63.6 Å². The number of halogens is 1. The lowest BCUT2D eigenvalue weighted by Crippen LogP contribution is -2.14. The van der Waals surface area contributed by atoms with Crippen LogP contribution in [0.15, 0.2) is 45.6 Å². The minimum Gasteiger partial charge on any atom is -0.481 e. The van der Waals surface area contributed by atoms with E-state index in [9.17, 15) is 4.79 Å². The van der Waals surface area contributed by atoms with Crippen molar-refractivity contribution in [2.75, 3.05) is 19.5 Å². The third-order valence-corrected chi connectivity index (χ3v) is 5.97. The van der Waals surface area contributed by atoms with E-state index >= 15 is 0 Å². The maximum atomic E-state index is 12.3. The Balaban J connectivity index is 1.78. The summed E-state index contributed by atoms with van der Waals surface area (Å²) in [7, 11) is 2.82. The average Bonchev–Trinajstić information content (AvgIpc) is 3.23. The zero-order valence-corrected chi connectivity index (χ0v) is 20.5. The molecule has 3 aromatic heterocycles. The Morgan fingerprint density at radius 2 is 1.94 bits per heavy atom. The van der Waals surface area contributed by atoms with Crippen LogP contribution in [0.3, 0.4) is 0 Å². The summed E-state index contributed by atoms with van der Waals surface area (Å²) in [6.07, 6.45) is 1.60. The summed E-state index contributed by atoms with van der Waals surface area (Å²) in [5.74, 6) is -0.213. The molecule has 0 aliphatic heterocycles. The highest BCUT2D eigenvalue weighted by Gasteiger charge is 2.20. The number of aromatic nitrogens is 3. The molecule has 1 atom stereocenters. The molecule has 33 heavy (non-hydrogen) atoms. The van der Waals surface area contributed by atoms with Gasteiger partial charge in [-0.2, -0.15) is 0 Å². The van der Waals surface area contributed by atoms with Crippen molar-refractivity contribution in [3.8, 4) is 17.1 Å². The molecule has 1 aromatic carbocycles. The predicted octanol–water partition coefficient (Wildman–Crippen LogP) is 5.63. The third-order valence-electron chi connectivity index (χ3n) is 5.37. The second-order valence-corrected chi connectivity index (χ2v) is 8.51. The van der Waals surface area contributed by atoms with E-state index in [4.69, 9.17) is 19.0 Å². The molecule has 170 valence electrons. The largest absolute Gasteiger partial charge is 0.481 e. The molecule has 0 aliphatic rings. The van der Waals surface area contributed by atoms with E-state index in [1.807, 2.05) is 32.9 Å². The molecular weight excluding hydrogens is 488 g/mol. The zero-order valence-electron chi connectivity index (χ0n) is 18.9. The highest BCUT2D eigenvalue weighted by atomic mass is 79.9. The van der Waals surface area contributed by atoms with Crippen LogP contribution >= 0.6 is 15.9 Å². The summed E-state index contributed by atoms with van der Waals surface area (Å²) in [4.78, 5) is 21.4. The van der Waals surface area contributed by atoms with E-state index in [-0.39, 0.29) is 11.7 Å². The molecule has 8 nitrogen and oxygen atoms in total. The Bertz CT molecular complexity index is 1350. The van der Waals surface area contributed by atoms with E-state index in [1.165, 1.54) is 14.2 Å². The highest BCUT2D eigenvalue weighted by Crippen LogP contribution is 2.35. The number of benzene rings is 1. The van der Waals surface area contributed by atoms with E-state index < -0.39 is 5.97 Å². The number of rotatable bonds is 6. The molecule has 4 aromatic rings. The molecule has 0 saturated heterocycles. The Morgan fingerprint density at radius 1 is 1.15 bits per heavy atom. The van der Waals surface area contributed by atoms with Gasteiger partial charge in [0.15, 0.2) is 5.69 Å². The second kappa shape index (κ2) is 9.19. The smallest absolute Gasteiger partial charge is 0.358 e. The molecule has 3 heterocycles. The van der Waals surface area contributed by atoms with Gasteiger partial charge in [-0.25, -0.2) is 14.8 Å². The topological polar surface area (TPSA) is 99.4 Å². The number of esters is 1. The lowest BCUT2D eigenvalue weighted by atomic mass is 9.98. The molecule has 9 heteroatoms. The number of nitrogens with zero attached hydrogens (tertiary/aromatic N) is 3. The Hall–Kier alpha value is -3.46. The van der Waals surface area contributed by atoms with Gasteiger partial charge in [0.2, 0.25) is 5.88 Å². The second-order valence-electron chi connectivity index (χ2n) is 7.66. The Labute approximate surface area is 199 Å². The highest BCUT2D eigenvalue weighted by molar-refractivity contribution is 9.10. The molecule has 0 saturated carbocycles. The predicted molar refractivity (Wildman–Crippen MR) is 129 cm³/mol. The number of hydrogen-bond donors (Lipinski definition) is 1. The molecule has 1 N–H and O–H groups in total. The number of anilines is 1. The van der Waals surface area contributed by atoms with Crippen LogP contribution in [0.1, 0.15) is 40.3 Å². The van der Waals surface area contributed by atoms with Gasteiger partial charge in [0.1, 0.15) is 6.26 Å². The van der Waals surface area contributed by atoms with Gasteiger partial charge in [0, 0.05) is 22.0 Å². The van der Waals surface area contributed by atoms with Crippen molar-refractivity contribution < 1.29 is 18.8 Å². The Kier molecular flexibility index (Phi) is 6.33. The molecular formula is C24H23BrN4O4. The van der Waals surface area contributed by atoms with Gasteiger partial charge in [0.05, 0.1) is 42.4 Å². The van der Waals surface area contributed by atoms with Crippen LogP contribution in [0, 0.1) is 13.8 Å². The quantitative estimate of drug-likeness (QED) is 0.333. The van der Waals surface area contributed by atoms with Crippen molar-refractivity contribution in [3.63, 3.8) is 0 Å². The summed E-state index contributed by atoms with van der Waals surface area (Å²) in [6.45, 7) is 5.93. The normalized spacial score (nSPS) is 11.9. The number of nitrogens with one attached hydrogen (secondary N) is 1. The maximum Gasteiger partial charge on any atom is 0.358 e. The summed E-state index contributed by atoms with van der Waals surface area (Å²) in [5.41, 5.74) is 6.02. The van der Waals surface area contributed by atoms with Crippen LogP contribution in [-0.2, 0) is 4.74 Å². The van der Waals surface area contributed by atoms with Gasteiger partial charge in [-0.15, -0.1) is 0 Å². The minimum absolute atomic E-state index is 0.158. The molecule has 0 fully saturated rings. The lowest BCUT2D eigenvalue weighted by Gasteiger charge is -2.20. The monoisotopic (exact) mass is 510 g/mol. The summed E-state index contributed by atoms with van der Waals surface area (Å²) >= 11 is 3.66. The van der Waals surface area contributed by atoms with Gasteiger partial charge < -0.3 is 19.3 Å². The number of pyridine rings is 2. The third kappa shape index (κ3) is 4.41. The zero-order chi connectivity index (χ0) is 23.7. The van der Waals surface area contributed by atoms with E-state index in [2.05, 4.69) is 37.5 Å². The molecule has 0 amide bonds. The summed E-state index contributed by atoms with van der Waals surface area (Å²) in [5, 5.41) is 8.34. The molecule has 0 spiro atoms. The number of carbonyl (C=O) groups excluding carboxylic acids is 1. The van der Waals surface area contributed by atoms with Crippen LogP contribution in [0.25, 0.3) is 22.2 Å². The van der Waals surface area contributed by atoms with Crippen molar-refractivity contribution in [1.82, 2.24) is 15.1 Å². The molecule has 0 aliphatic carbocycles.